The average molecular weight is 447 g/mol. The molecule has 0 saturated heterocycles. The van der Waals surface area contributed by atoms with Crippen molar-refractivity contribution in [1.82, 2.24) is 10.2 Å². The largest absolute Gasteiger partial charge is 0.369 e. The van der Waals surface area contributed by atoms with Gasteiger partial charge in [-0.2, -0.15) is 0 Å². The summed E-state index contributed by atoms with van der Waals surface area (Å²) in [6.07, 6.45) is 2.62. The van der Waals surface area contributed by atoms with Crippen LogP contribution >= 0.6 is 11.3 Å². The molecule has 32 heavy (non-hydrogen) atoms. The molecule has 1 aromatic heterocycles. The van der Waals surface area contributed by atoms with Crippen molar-refractivity contribution in [3.63, 3.8) is 0 Å². The summed E-state index contributed by atoms with van der Waals surface area (Å²) in [4.78, 5) is 31.8. The lowest BCUT2D eigenvalue weighted by atomic mass is 9.87. The van der Waals surface area contributed by atoms with E-state index >= 15 is 0 Å². The van der Waals surface area contributed by atoms with E-state index in [0.29, 0.717) is 11.5 Å². The smallest absolute Gasteiger partial charge is 0.251 e. The molecule has 0 radical (unpaired) electrons. The van der Waals surface area contributed by atoms with E-state index in [-0.39, 0.29) is 30.7 Å². The van der Waals surface area contributed by atoms with E-state index in [9.17, 15) is 9.59 Å². The molecule has 6 nitrogen and oxygen atoms in total. The average Bonchev–Trinajstić information content (AvgIpc) is 3.49. The number of amides is 2. The second-order valence-electron chi connectivity index (χ2n) is 8.93. The van der Waals surface area contributed by atoms with Crippen molar-refractivity contribution in [3.05, 3.63) is 70.6 Å². The van der Waals surface area contributed by atoms with E-state index in [1.165, 1.54) is 22.4 Å². The molecule has 164 valence electrons. The summed E-state index contributed by atoms with van der Waals surface area (Å²) in [6, 6.07) is 15.6. The number of carbonyl (C=O) groups excluding carboxylic acids is 2. The fourth-order valence-electron chi connectivity index (χ4n) is 4.16. The Morgan fingerprint density at radius 1 is 1.25 bits per heavy atom. The number of hydrogen-bond donors (Lipinski definition) is 2. The van der Waals surface area contributed by atoms with Gasteiger partial charge in [0.05, 0.1) is 18.5 Å². The minimum Gasteiger partial charge on any atom is -0.369 e. The number of fused-ring (bicyclic) bond motifs is 1. The molecule has 1 aliphatic heterocycles. The number of guanidine groups is 1. The zero-order valence-corrected chi connectivity index (χ0v) is 18.8. The van der Waals surface area contributed by atoms with Crippen molar-refractivity contribution in [2.75, 3.05) is 6.54 Å². The summed E-state index contributed by atoms with van der Waals surface area (Å²) in [5.74, 6) is 0.674. The molecule has 1 unspecified atom stereocenters. The highest BCUT2D eigenvalue weighted by atomic mass is 32.1. The molecule has 1 atom stereocenters. The molecule has 1 saturated carbocycles. The van der Waals surface area contributed by atoms with Crippen molar-refractivity contribution < 1.29 is 9.59 Å². The molecule has 3 N–H and O–H groups in total. The molecule has 7 heteroatoms. The van der Waals surface area contributed by atoms with E-state index in [0.717, 1.165) is 23.1 Å². The van der Waals surface area contributed by atoms with Gasteiger partial charge in [0.15, 0.2) is 5.96 Å². The Hall–Kier alpha value is -3.19. The van der Waals surface area contributed by atoms with Gasteiger partial charge in [0, 0.05) is 16.8 Å². The molecule has 2 aromatic carbocycles. The molecule has 1 fully saturated rings. The number of nitrogens with zero attached hydrogens (tertiary/aromatic N) is 2. The molecular formula is C25H26N4O2S. The molecule has 2 amide bonds. The maximum atomic E-state index is 13.1. The third-order valence-electron chi connectivity index (χ3n) is 6.29. The van der Waals surface area contributed by atoms with E-state index in [1.807, 2.05) is 31.2 Å². The molecule has 2 aliphatic rings. The number of hydrogen-bond acceptors (Lipinski definition) is 5. The molecular weight excluding hydrogens is 420 g/mol. The summed E-state index contributed by atoms with van der Waals surface area (Å²) < 4.78 is 1.21. The van der Waals surface area contributed by atoms with Crippen molar-refractivity contribution >= 4 is 39.2 Å². The Labute approximate surface area is 191 Å². The first-order valence-electron chi connectivity index (χ1n) is 10.9. The van der Waals surface area contributed by atoms with Crippen molar-refractivity contribution in [3.8, 4) is 0 Å². The predicted octanol–water partition coefficient (Wildman–Crippen LogP) is 4.00. The third-order valence-corrected chi connectivity index (χ3v) is 7.18. The highest BCUT2D eigenvalue weighted by molar-refractivity contribution is 7.17. The van der Waals surface area contributed by atoms with Crippen molar-refractivity contribution in [2.24, 2.45) is 16.6 Å². The molecule has 2 heterocycles. The van der Waals surface area contributed by atoms with E-state index < -0.39 is 5.54 Å². The van der Waals surface area contributed by atoms with Gasteiger partial charge in [-0.1, -0.05) is 18.2 Å². The lowest BCUT2D eigenvalue weighted by Gasteiger charge is -2.35. The highest BCUT2D eigenvalue weighted by Crippen LogP contribution is 2.36. The quantitative estimate of drug-likeness (QED) is 0.600. The van der Waals surface area contributed by atoms with E-state index in [1.54, 1.807) is 17.4 Å². The van der Waals surface area contributed by atoms with Gasteiger partial charge < -0.3 is 11.1 Å². The minimum atomic E-state index is -0.696. The Kier molecular flexibility index (Phi) is 5.21. The number of benzene rings is 2. The SMILES string of the molecule is CC1(c2ccc3sccc3c2)CC(=O)N(Cc2cccc(C(=O)NCC3CC3)c2)C(N)=N1. The summed E-state index contributed by atoms with van der Waals surface area (Å²) in [6.45, 7) is 2.97. The number of carbonyl (C=O) groups is 2. The summed E-state index contributed by atoms with van der Waals surface area (Å²) in [5.41, 5.74) is 8.01. The van der Waals surface area contributed by atoms with E-state index in [2.05, 4.69) is 28.9 Å². The Morgan fingerprint density at radius 3 is 2.88 bits per heavy atom. The molecule has 1 aliphatic carbocycles. The van der Waals surface area contributed by atoms with E-state index in [4.69, 9.17) is 10.7 Å². The van der Waals surface area contributed by atoms with Gasteiger partial charge in [0.25, 0.3) is 5.91 Å². The Bertz CT molecular complexity index is 1230. The van der Waals surface area contributed by atoms with Crippen LogP contribution in [0.4, 0.5) is 0 Å². The van der Waals surface area contributed by atoms with Crippen LogP contribution < -0.4 is 11.1 Å². The first-order valence-corrected chi connectivity index (χ1v) is 11.8. The third kappa shape index (κ3) is 4.12. The second kappa shape index (κ2) is 8.06. The molecule has 5 rings (SSSR count). The highest BCUT2D eigenvalue weighted by Gasteiger charge is 2.37. The van der Waals surface area contributed by atoms with Gasteiger partial charge in [-0.05, 0) is 77.9 Å². The molecule has 3 aromatic rings. The van der Waals surface area contributed by atoms with Crippen LogP contribution in [-0.4, -0.2) is 29.2 Å². The van der Waals surface area contributed by atoms with Gasteiger partial charge in [0.1, 0.15) is 0 Å². The first-order chi connectivity index (χ1) is 15.4. The normalized spacial score (nSPS) is 21.0. The molecule has 0 spiro atoms. The van der Waals surface area contributed by atoms with Crippen LogP contribution in [0.15, 0.2) is 58.9 Å². The van der Waals surface area contributed by atoms with Crippen LogP contribution in [0.2, 0.25) is 0 Å². The topological polar surface area (TPSA) is 87.8 Å². The Balaban J connectivity index is 1.34. The van der Waals surface area contributed by atoms with Gasteiger partial charge in [-0.25, -0.2) is 4.99 Å². The van der Waals surface area contributed by atoms with Crippen LogP contribution in [0.3, 0.4) is 0 Å². The summed E-state index contributed by atoms with van der Waals surface area (Å²) in [5, 5.41) is 6.19. The zero-order valence-electron chi connectivity index (χ0n) is 18.0. The Morgan fingerprint density at radius 2 is 2.09 bits per heavy atom. The number of nitrogens with one attached hydrogen (secondary N) is 1. The number of aliphatic imine (C=N–C) groups is 1. The lowest BCUT2D eigenvalue weighted by Crippen LogP contribution is -2.49. The van der Waals surface area contributed by atoms with Crippen LogP contribution in [0.1, 0.15) is 47.7 Å². The molecule has 0 bridgehead atoms. The van der Waals surface area contributed by atoms with Crippen molar-refractivity contribution in [1.29, 1.82) is 0 Å². The fraction of sp³-hybridized carbons (Fsp3) is 0.320. The first kappa shape index (κ1) is 20.7. The zero-order chi connectivity index (χ0) is 22.3. The lowest BCUT2D eigenvalue weighted by molar-refractivity contribution is -0.130. The van der Waals surface area contributed by atoms with Crippen molar-refractivity contribution in [2.45, 2.75) is 38.3 Å². The predicted molar refractivity (Wildman–Crippen MR) is 127 cm³/mol. The monoisotopic (exact) mass is 446 g/mol. The summed E-state index contributed by atoms with van der Waals surface area (Å²) >= 11 is 1.69. The van der Waals surface area contributed by atoms with Gasteiger partial charge >= 0.3 is 0 Å². The minimum absolute atomic E-state index is 0.0750. The van der Waals surface area contributed by atoms with Gasteiger partial charge in [0.2, 0.25) is 5.91 Å². The number of thiophene rings is 1. The standard InChI is InChI=1S/C25H26N4O2S/c1-25(20-7-8-21-18(12-20)9-10-32-21)13-22(30)29(24(26)28-25)15-17-3-2-4-19(11-17)23(31)27-14-16-5-6-16/h2-4,7-12,16H,5-6,13-15H2,1H3,(H2,26,28)(H,27,31). The number of nitrogens with two attached hydrogens (primary N) is 1. The van der Waals surface area contributed by atoms with Crippen LogP contribution in [0, 0.1) is 5.92 Å². The fourth-order valence-corrected chi connectivity index (χ4v) is 4.93. The number of rotatable bonds is 6. The van der Waals surface area contributed by atoms with Crippen LogP contribution in [0.5, 0.6) is 0 Å². The summed E-state index contributed by atoms with van der Waals surface area (Å²) in [7, 11) is 0. The van der Waals surface area contributed by atoms with Crippen LogP contribution in [-0.2, 0) is 16.9 Å². The maximum Gasteiger partial charge on any atom is 0.251 e. The second-order valence-corrected chi connectivity index (χ2v) is 9.88. The van der Waals surface area contributed by atoms with Crippen LogP contribution in [0.25, 0.3) is 10.1 Å². The van der Waals surface area contributed by atoms with Gasteiger partial charge in [-0.3, -0.25) is 14.5 Å². The maximum absolute atomic E-state index is 13.1. The van der Waals surface area contributed by atoms with Gasteiger partial charge in [-0.15, -0.1) is 11.3 Å².